The van der Waals surface area contributed by atoms with E-state index in [2.05, 4.69) is 26.2 Å². The molecule has 1 aromatic rings. The third kappa shape index (κ3) is 2.99. The van der Waals surface area contributed by atoms with Crippen molar-refractivity contribution in [2.45, 2.75) is 19.8 Å². The maximum atomic E-state index is 11.3. The fraction of sp³-hybridized carbons (Fsp3) is 0.333. The number of nitrogens with zero attached hydrogens (tertiary/aromatic N) is 1. The van der Waals surface area contributed by atoms with Crippen molar-refractivity contribution in [3.8, 4) is 0 Å². The number of aromatic nitrogens is 1. The maximum absolute atomic E-state index is 11.3. The molecule has 0 aromatic carbocycles. The van der Waals surface area contributed by atoms with Gasteiger partial charge in [0.15, 0.2) is 0 Å². The Bertz CT molecular complexity index is 341. The molecule has 0 radical (unpaired) electrons. The van der Waals surface area contributed by atoms with Gasteiger partial charge in [0.1, 0.15) is 5.82 Å². The van der Waals surface area contributed by atoms with Gasteiger partial charge in [0, 0.05) is 17.1 Å². The van der Waals surface area contributed by atoms with Gasteiger partial charge in [-0.2, -0.15) is 0 Å². The van der Waals surface area contributed by atoms with Gasteiger partial charge in [-0.15, -0.1) is 0 Å². The third-order valence-electron chi connectivity index (χ3n) is 1.64. The summed E-state index contributed by atoms with van der Waals surface area (Å²) in [6, 6.07) is 1.73. The van der Waals surface area contributed by atoms with Gasteiger partial charge in [-0.05, 0) is 28.4 Å². The van der Waals surface area contributed by atoms with Crippen LogP contribution in [0, 0.1) is 0 Å². The largest absolute Gasteiger partial charge is 0.382 e. The van der Waals surface area contributed by atoms with Gasteiger partial charge >= 0.3 is 0 Å². The van der Waals surface area contributed by atoms with Crippen molar-refractivity contribution in [1.82, 2.24) is 4.98 Å². The van der Waals surface area contributed by atoms with Crippen molar-refractivity contribution in [3.05, 3.63) is 16.7 Å². The minimum atomic E-state index is -0.0425. The Morgan fingerprint density at radius 3 is 3.07 bits per heavy atom. The molecule has 14 heavy (non-hydrogen) atoms. The van der Waals surface area contributed by atoms with E-state index in [1.165, 1.54) is 0 Å². The van der Waals surface area contributed by atoms with Gasteiger partial charge < -0.3 is 11.1 Å². The normalized spacial score (nSPS) is 9.86. The Balaban J connectivity index is 2.75. The molecule has 0 unspecified atom stereocenters. The van der Waals surface area contributed by atoms with E-state index in [9.17, 15) is 4.79 Å². The lowest BCUT2D eigenvalue weighted by Crippen LogP contribution is -2.12. The van der Waals surface area contributed by atoms with Crippen LogP contribution in [-0.4, -0.2) is 10.9 Å². The van der Waals surface area contributed by atoms with Gasteiger partial charge in [-0.1, -0.05) is 6.92 Å². The number of pyridine rings is 1. The lowest BCUT2D eigenvalue weighted by atomic mass is 10.3. The van der Waals surface area contributed by atoms with Crippen LogP contribution in [0.15, 0.2) is 16.7 Å². The predicted octanol–water partition coefficient (Wildman–Crippen LogP) is 2.16. The topological polar surface area (TPSA) is 68.0 Å². The van der Waals surface area contributed by atoms with E-state index in [1.807, 2.05) is 6.92 Å². The number of hydrogen-bond acceptors (Lipinski definition) is 3. The molecule has 0 aliphatic carbocycles. The van der Waals surface area contributed by atoms with Crippen LogP contribution >= 0.6 is 15.9 Å². The molecule has 0 fully saturated rings. The molecule has 0 bridgehead atoms. The van der Waals surface area contributed by atoms with Crippen LogP contribution in [0.2, 0.25) is 0 Å². The Hall–Kier alpha value is -1.10. The zero-order chi connectivity index (χ0) is 10.6. The monoisotopic (exact) mass is 257 g/mol. The van der Waals surface area contributed by atoms with Crippen LogP contribution in [0.25, 0.3) is 0 Å². The van der Waals surface area contributed by atoms with E-state index >= 15 is 0 Å². The number of nitrogen functional groups attached to an aromatic ring is 1. The van der Waals surface area contributed by atoms with Crippen LogP contribution in [0.1, 0.15) is 19.8 Å². The molecule has 76 valence electrons. The molecule has 3 N–H and O–H groups in total. The second-order valence-corrected chi connectivity index (χ2v) is 3.80. The number of amides is 1. The van der Waals surface area contributed by atoms with Crippen LogP contribution in [0.3, 0.4) is 0 Å². The van der Waals surface area contributed by atoms with Gasteiger partial charge in [-0.3, -0.25) is 4.79 Å². The highest BCUT2D eigenvalue weighted by Crippen LogP contribution is 2.20. The minimum Gasteiger partial charge on any atom is -0.382 e. The van der Waals surface area contributed by atoms with Crippen LogP contribution in [0.4, 0.5) is 11.5 Å². The molecule has 0 aliphatic rings. The number of carbonyl (C=O) groups is 1. The fourth-order valence-corrected chi connectivity index (χ4v) is 1.32. The van der Waals surface area contributed by atoms with Gasteiger partial charge in [0.05, 0.1) is 5.69 Å². The summed E-state index contributed by atoms with van der Waals surface area (Å²) in [5.41, 5.74) is 6.14. The fourth-order valence-electron chi connectivity index (χ4n) is 0.990. The lowest BCUT2D eigenvalue weighted by Gasteiger charge is -2.06. The number of halogens is 1. The quantitative estimate of drug-likeness (QED) is 0.872. The first kappa shape index (κ1) is 11.0. The molecule has 1 aromatic heterocycles. The number of hydrogen-bond donors (Lipinski definition) is 2. The van der Waals surface area contributed by atoms with E-state index < -0.39 is 0 Å². The van der Waals surface area contributed by atoms with E-state index in [4.69, 9.17) is 5.73 Å². The second-order valence-electron chi connectivity index (χ2n) is 2.88. The summed E-state index contributed by atoms with van der Waals surface area (Å²) in [5, 5.41) is 2.70. The Morgan fingerprint density at radius 1 is 1.71 bits per heavy atom. The zero-order valence-electron chi connectivity index (χ0n) is 7.88. The van der Waals surface area contributed by atoms with Crippen molar-refractivity contribution in [1.29, 1.82) is 0 Å². The summed E-state index contributed by atoms with van der Waals surface area (Å²) in [4.78, 5) is 15.2. The van der Waals surface area contributed by atoms with Gasteiger partial charge in [0.2, 0.25) is 5.91 Å². The number of nitrogens with two attached hydrogens (primary N) is 1. The van der Waals surface area contributed by atoms with Crippen molar-refractivity contribution in [2.75, 3.05) is 11.1 Å². The molecular formula is C9H12BrN3O. The second kappa shape index (κ2) is 4.95. The molecule has 0 saturated carbocycles. The van der Waals surface area contributed by atoms with Crippen molar-refractivity contribution in [2.24, 2.45) is 0 Å². The standard InChI is InChI=1S/C9H12BrN3O/c1-2-3-8(14)13-7-4-6(10)5-12-9(7)11/h4-5H,2-3H2,1H3,(H2,11,12)(H,13,14). The first-order chi connectivity index (χ1) is 6.63. The molecule has 0 aliphatic heterocycles. The summed E-state index contributed by atoms with van der Waals surface area (Å²) in [6.07, 6.45) is 2.89. The smallest absolute Gasteiger partial charge is 0.224 e. The number of rotatable bonds is 3. The summed E-state index contributed by atoms with van der Waals surface area (Å²) < 4.78 is 0.790. The van der Waals surface area contributed by atoms with E-state index in [0.29, 0.717) is 17.9 Å². The first-order valence-electron chi connectivity index (χ1n) is 4.34. The van der Waals surface area contributed by atoms with Crippen molar-refractivity contribution < 1.29 is 4.79 Å². The zero-order valence-corrected chi connectivity index (χ0v) is 9.47. The van der Waals surface area contributed by atoms with Crippen LogP contribution in [0.5, 0.6) is 0 Å². The molecular weight excluding hydrogens is 246 g/mol. The SMILES string of the molecule is CCCC(=O)Nc1cc(Br)cnc1N. The molecule has 1 heterocycles. The van der Waals surface area contributed by atoms with Crippen LogP contribution in [-0.2, 0) is 4.79 Å². The molecule has 0 saturated heterocycles. The summed E-state index contributed by atoms with van der Waals surface area (Å²) in [7, 11) is 0. The van der Waals surface area contributed by atoms with Gasteiger partial charge in [0.25, 0.3) is 0 Å². The van der Waals surface area contributed by atoms with Gasteiger partial charge in [-0.25, -0.2) is 4.98 Å². The first-order valence-corrected chi connectivity index (χ1v) is 5.13. The number of anilines is 2. The molecule has 0 spiro atoms. The summed E-state index contributed by atoms with van der Waals surface area (Å²) in [5.74, 6) is 0.289. The number of nitrogens with one attached hydrogen (secondary N) is 1. The summed E-state index contributed by atoms with van der Waals surface area (Å²) >= 11 is 3.26. The Labute approximate surface area is 91.0 Å². The van der Waals surface area contributed by atoms with Crippen molar-refractivity contribution in [3.63, 3.8) is 0 Å². The van der Waals surface area contributed by atoms with E-state index in [1.54, 1.807) is 12.3 Å². The maximum Gasteiger partial charge on any atom is 0.224 e. The van der Waals surface area contributed by atoms with Crippen molar-refractivity contribution >= 4 is 33.3 Å². The van der Waals surface area contributed by atoms with E-state index in [-0.39, 0.29) is 5.91 Å². The highest BCUT2D eigenvalue weighted by molar-refractivity contribution is 9.10. The lowest BCUT2D eigenvalue weighted by molar-refractivity contribution is -0.116. The molecule has 1 rings (SSSR count). The molecule has 0 atom stereocenters. The summed E-state index contributed by atoms with van der Waals surface area (Å²) in [6.45, 7) is 1.95. The minimum absolute atomic E-state index is 0.0425. The number of carbonyl (C=O) groups excluding carboxylic acids is 1. The Morgan fingerprint density at radius 2 is 2.43 bits per heavy atom. The highest BCUT2D eigenvalue weighted by Gasteiger charge is 2.05. The van der Waals surface area contributed by atoms with E-state index in [0.717, 1.165) is 10.9 Å². The third-order valence-corrected chi connectivity index (χ3v) is 2.07. The Kier molecular flexibility index (Phi) is 3.88. The predicted molar refractivity (Wildman–Crippen MR) is 59.9 cm³/mol. The highest BCUT2D eigenvalue weighted by atomic mass is 79.9. The molecule has 5 heteroatoms. The van der Waals surface area contributed by atoms with Crippen LogP contribution < -0.4 is 11.1 Å². The molecule has 1 amide bonds. The molecule has 4 nitrogen and oxygen atoms in total. The average molecular weight is 258 g/mol. The average Bonchev–Trinajstić information content (AvgIpc) is 2.12.